The molecule has 1 saturated carbocycles. The highest BCUT2D eigenvalue weighted by molar-refractivity contribution is 6.01. The quantitative estimate of drug-likeness (QED) is 0.291. The van der Waals surface area contributed by atoms with Crippen molar-refractivity contribution in [1.82, 2.24) is 10.2 Å². The van der Waals surface area contributed by atoms with E-state index in [1.807, 2.05) is 31.2 Å². The third kappa shape index (κ3) is 7.54. The predicted octanol–water partition coefficient (Wildman–Crippen LogP) is 4.27. The van der Waals surface area contributed by atoms with E-state index < -0.39 is 17.9 Å². The Morgan fingerprint density at radius 1 is 0.867 bits per heavy atom. The summed E-state index contributed by atoms with van der Waals surface area (Å²) in [6, 6.07) is 16.8. The summed E-state index contributed by atoms with van der Waals surface area (Å²) in [6.45, 7) is 3.89. The molecule has 2 aliphatic rings. The number of nitrogens with zero attached hydrogens (tertiary/aromatic N) is 2. The summed E-state index contributed by atoms with van der Waals surface area (Å²) in [5.41, 5.74) is 3.77. The molecule has 3 amide bonds. The minimum atomic E-state index is -1.03. The van der Waals surface area contributed by atoms with Crippen LogP contribution < -0.4 is 25.0 Å². The first-order valence-electron chi connectivity index (χ1n) is 15.0. The third-order valence-corrected chi connectivity index (χ3v) is 8.17. The van der Waals surface area contributed by atoms with Crippen molar-refractivity contribution >= 4 is 35.1 Å². The highest BCUT2D eigenvalue weighted by Gasteiger charge is 2.31. The molecular weight excluding hydrogens is 576 g/mol. The molecule has 1 aliphatic heterocycles. The zero-order chi connectivity index (χ0) is 32.1. The summed E-state index contributed by atoms with van der Waals surface area (Å²) in [6.07, 6.45) is 1.38. The number of piperazine rings is 1. The molecule has 1 aliphatic carbocycles. The minimum Gasteiger partial charge on any atom is -0.493 e. The Morgan fingerprint density at radius 2 is 1.53 bits per heavy atom. The van der Waals surface area contributed by atoms with E-state index in [4.69, 9.17) is 9.47 Å². The Balaban J connectivity index is 1.32. The molecule has 1 atom stereocenters. The van der Waals surface area contributed by atoms with Crippen LogP contribution in [-0.4, -0.2) is 74.1 Å². The molecule has 11 heteroatoms. The topological polar surface area (TPSA) is 138 Å². The van der Waals surface area contributed by atoms with Crippen LogP contribution in [0.3, 0.4) is 0 Å². The zero-order valence-electron chi connectivity index (χ0n) is 25.7. The maximum Gasteiger partial charge on any atom is 0.305 e. The van der Waals surface area contributed by atoms with E-state index in [2.05, 4.69) is 15.5 Å². The summed E-state index contributed by atoms with van der Waals surface area (Å²) < 4.78 is 10.6. The molecule has 0 bridgehead atoms. The molecule has 0 aromatic heterocycles. The first-order valence-corrected chi connectivity index (χ1v) is 15.0. The van der Waals surface area contributed by atoms with Crippen molar-refractivity contribution in [3.8, 4) is 11.5 Å². The van der Waals surface area contributed by atoms with Crippen LogP contribution >= 0.6 is 0 Å². The van der Waals surface area contributed by atoms with Gasteiger partial charge in [0.05, 0.1) is 38.1 Å². The van der Waals surface area contributed by atoms with E-state index in [0.29, 0.717) is 60.1 Å². The normalized spacial score (nSPS) is 15.2. The van der Waals surface area contributed by atoms with Gasteiger partial charge in [-0.05, 0) is 61.7 Å². The molecule has 236 valence electrons. The number of carbonyl (C=O) groups excluding carboxylic acids is 3. The molecule has 5 rings (SSSR count). The van der Waals surface area contributed by atoms with E-state index in [9.17, 15) is 24.3 Å². The van der Waals surface area contributed by atoms with E-state index in [-0.39, 0.29) is 24.2 Å². The fraction of sp³-hybridized carbons (Fsp3) is 0.353. The lowest BCUT2D eigenvalue weighted by atomic mass is 10.0. The number of rotatable bonds is 11. The molecule has 11 nitrogen and oxygen atoms in total. The summed E-state index contributed by atoms with van der Waals surface area (Å²) >= 11 is 0. The first kappa shape index (κ1) is 31.4. The number of hydrogen-bond acceptors (Lipinski definition) is 7. The van der Waals surface area contributed by atoms with Crippen LogP contribution in [0.5, 0.6) is 11.5 Å². The number of aryl methyl sites for hydroxylation is 1. The van der Waals surface area contributed by atoms with Gasteiger partial charge in [-0.3, -0.25) is 19.2 Å². The summed E-state index contributed by atoms with van der Waals surface area (Å²) in [5.74, 6) is -0.709. The number of benzene rings is 3. The summed E-state index contributed by atoms with van der Waals surface area (Å²) in [4.78, 5) is 55.0. The minimum absolute atomic E-state index is 0.0484. The standard InChI is InChI=1S/C34H38N4O7/c1-21-4-6-22(7-5-21)26(20-31(39)40)35-33(42)24-10-12-28(27(18-24)36-32(41)23-8-9-23)37-14-16-38(17-15-37)34(43)25-11-13-29(44-2)30(19-25)45-3/h4-7,10-13,18-19,23,26H,8-9,14-17,20H2,1-3H3,(H,35,42)(H,36,41)(H,39,40). The van der Waals surface area contributed by atoms with Gasteiger partial charge >= 0.3 is 5.97 Å². The Labute approximate surface area is 262 Å². The molecule has 3 aromatic rings. The second-order valence-corrected chi connectivity index (χ2v) is 11.4. The van der Waals surface area contributed by atoms with Crippen LogP contribution in [0.1, 0.15) is 57.1 Å². The Kier molecular flexibility index (Phi) is 9.56. The van der Waals surface area contributed by atoms with Gasteiger partial charge in [-0.25, -0.2) is 0 Å². The van der Waals surface area contributed by atoms with Crippen LogP contribution in [0.15, 0.2) is 60.7 Å². The molecule has 3 N–H and O–H groups in total. The molecule has 3 aromatic carbocycles. The van der Waals surface area contributed by atoms with Gasteiger partial charge < -0.3 is 35.0 Å². The second-order valence-electron chi connectivity index (χ2n) is 11.4. The number of nitrogens with one attached hydrogen (secondary N) is 2. The van der Waals surface area contributed by atoms with Gasteiger partial charge in [-0.2, -0.15) is 0 Å². The largest absolute Gasteiger partial charge is 0.493 e. The highest BCUT2D eigenvalue weighted by Crippen LogP contribution is 2.34. The number of aliphatic carboxylic acids is 1. The third-order valence-electron chi connectivity index (χ3n) is 8.17. The second kappa shape index (κ2) is 13.7. The van der Waals surface area contributed by atoms with Crippen molar-refractivity contribution in [3.63, 3.8) is 0 Å². The SMILES string of the molecule is COc1ccc(C(=O)N2CCN(c3ccc(C(=O)NC(CC(=O)O)c4ccc(C)cc4)cc3NC(=O)C3CC3)CC2)cc1OC. The Hall–Kier alpha value is -5.06. The van der Waals surface area contributed by atoms with E-state index in [1.165, 1.54) is 7.11 Å². The van der Waals surface area contributed by atoms with Crippen molar-refractivity contribution in [3.05, 3.63) is 82.9 Å². The molecule has 2 fully saturated rings. The summed E-state index contributed by atoms with van der Waals surface area (Å²) in [7, 11) is 3.07. The van der Waals surface area contributed by atoms with Gasteiger partial charge in [0.2, 0.25) is 5.91 Å². The van der Waals surface area contributed by atoms with E-state index in [1.54, 1.807) is 48.4 Å². The van der Waals surface area contributed by atoms with Crippen LogP contribution in [0.4, 0.5) is 11.4 Å². The van der Waals surface area contributed by atoms with Gasteiger partial charge in [0, 0.05) is 43.2 Å². The molecule has 45 heavy (non-hydrogen) atoms. The molecule has 1 unspecified atom stereocenters. The molecule has 1 saturated heterocycles. The van der Waals surface area contributed by atoms with Gasteiger partial charge in [-0.1, -0.05) is 29.8 Å². The van der Waals surface area contributed by atoms with Crippen LogP contribution in [0, 0.1) is 12.8 Å². The van der Waals surface area contributed by atoms with Gasteiger partial charge in [0.25, 0.3) is 11.8 Å². The Bertz CT molecular complexity index is 1580. The van der Waals surface area contributed by atoms with Crippen molar-refractivity contribution in [1.29, 1.82) is 0 Å². The van der Waals surface area contributed by atoms with Gasteiger partial charge in [-0.15, -0.1) is 0 Å². The number of carboxylic acids is 1. The van der Waals surface area contributed by atoms with Crippen LogP contribution in [0.2, 0.25) is 0 Å². The maximum atomic E-state index is 13.4. The number of carboxylic acid groups (broad SMARTS) is 1. The maximum absolute atomic E-state index is 13.4. The fourth-order valence-electron chi connectivity index (χ4n) is 5.40. The number of methoxy groups -OCH3 is 2. The zero-order valence-corrected chi connectivity index (χ0v) is 25.7. The van der Waals surface area contributed by atoms with Gasteiger partial charge in [0.1, 0.15) is 0 Å². The predicted molar refractivity (Wildman–Crippen MR) is 169 cm³/mol. The van der Waals surface area contributed by atoms with Crippen molar-refractivity contribution < 1.29 is 33.8 Å². The lowest BCUT2D eigenvalue weighted by molar-refractivity contribution is -0.137. The fourth-order valence-corrected chi connectivity index (χ4v) is 5.40. The van der Waals surface area contributed by atoms with Crippen molar-refractivity contribution in [2.45, 2.75) is 32.2 Å². The number of carbonyl (C=O) groups is 4. The van der Waals surface area contributed by atoms with E-state index >= 15 is 0 Å². The molecular formula is C34H38N4O7. The van der Waals surface area contributed by atoms with E-state index in [0.717, 1.165) is 24.1 Å². The van der Waals surface area contributed by atoms with Crippen molar-refractivity contribution in [2.24, 2.45) is 5.92 Å². The van der Waals surface area contributed by atoms with Crippen molar-refractivity contribution in [2.75, 3.05) is 50.6 Å². The number of ether oxygens (including phenoxy) is 2. The summed E-state index contributed by atoms with van der Waals surface area (Å²) in [5, 5.41) is 15.4. The van der Waals surface area contributed by atoms with Gasteiger partial charge in [0.15, 0.2) is 11.5 Å². The number of amides is 3. The Morgan fingerprint density at radius 3 is 2.16 bits per heavy atom. The molecule has 0 radical (unpaired) electrons. The van der Waals surface area contributed by atoms with Crippen LogP contribution in [-0.2, 0) is 9.59 Å². The lowest BCUT2D eigenvalue weighted by Crippen LogP contribution is -2.49. The number of hydrogen-bond donors (Lipinski definition) is 3. The number of anilines is 2. The first-order chi connectivity index (χ1) is 21.7. The monoisotopic (exact) mass is 614 g/mol. The lowest BCUT2D eigenvalue weighted by Gasteiger charge is -2.37. The average molecular weight is 615 g/mol. The smallest absolute Gasteiger partial charge is 0.305 e. The molecule has 1 heterocycles. The molecule has 0 spiro atoms. The average Bonchev–Trinajstić information content (AvgIpc) is 3.90. The highest BCUT2D eigenvalue weighted by atomic mass is 16.5. The van der Waals surface area contributed by atoms with Crippen LogP contribution in [0.25, 0.3) is 0 Å².